The van der Waals surface area contributed by atoms with Crippen LogP contribution in [0.5, 0.6) is 0 Å². The number of benzene rings is 1. The molecule has 1 atom stereocenters. The Balaban J connectivity index is 2.42. The van der Waals surface area contributed by atoms with Crippen LogP contribution in [-0.4, -0.2) is 5.96 Å². The van der Waals surface area contributed by atoms with Gasteiger partial charge in [-0.3, -0.25) is 11.2 Å². The number of nitrogens with one attached hydrogen (secondary N) is 2. The number of hydrogen-bond acceptors (Lipinski definition) is 5. The highest BCUT2D eigenvalue weighted by molar-refractivity contribution is 9.10. The molecule has 80 valence electrons. The zero-order valence-electron chi connectivity index (χ0n) is 7.59. The summed E-state index contributed by atoms with van der Waals surface area (Å²) in [7, 11) is 0. The van der Waals surface area contributed by atoms with Crippen LogP contribution in [0, 0.1) is 0 Å². The number of nitrogens with two attached hydrogens (primary N) is 2. The third-order valence-electron chi connectivity index (χ3n) is 2.04. The Kier molecular flexibility index (Phi) is 2.59. The number of hydrazine groups is 1. The Bertz CT molecular complexity index is 435. The second kappa shape index (κ2) is 3.64. The Morgan fingerprint density at radius 1 is 1.47 bits per heavy atom. The minimum Gasteiger partial charge on any atom is -0.369 e. The van der Waals surface area contributed by atoms with Gasteiger partial charge in [0.05, 0.1) is 5.02 Å². The van der Waals surface area contributed by atoms with Crippen molar-refractivity contribution in [2.75, 3.05) is 0 Å². The molecule has 2 rings (SSSR count). The molecule has 6 N–H and O–H groups in total. The first-order valence-corrected chi connectivity index (χ1v) is 5.31. The van der Waals surface area contributed by atoms with Crippen molar-refractivity contribution in [3.63, 3.8) is 0 Å². The van der Waals surface area contributed by atoms with E-state index in [1.807, 2.05) is 6.07 Å². The molecule has 0 aromatic heterocycles. The number of rotatable bonds is 1. The summed E-state index contributed by atoms with van der Waals surface area (Å²) < 4.78 is 0.805. The van der Waals surface area contributed by atoms with Gasteiger partial charge >= 0.3 is 0 Å². The number of nitrogens with zero attached hydrogens (tertiary/aromatic N) is 1. The summed E-state index contributed by atoms with van der Waals surface area (Å²) in [4.78, 5) is 4.04. The van der Waals surface area contributed by atoms with Gasteiger partial charge in [0, 0.05) is 10.0 Å². The Morgan fingerprint density at radius 2 is 2.20 bits per heavy atom. The minimum atomic E-state index is -1.06. The highest BCUT2D eigenvalue weighted by Gasteiger charge is 2.31. The molecular formula is C8H9BrClN5. The van der Waals surface area contributed by atoms with Crippen molar-refractivity contribution in [3.05, 3.63) is 33.3 Å². The van der Waals surface area contributed by atoms with Crippen molar-refractivity contribution in [1.82, 2.24) is 10.9 Å². The lowest BCUT2D eigenvalue weighted by Crippen LogP contribution is -2.50. The monoisotopic (exact) mass is 289 g/mol. The highest BCUT2D eigenvalue weighted by Crippen LogP contribution is 2.27. The molecule has 5 nitrogen and oxygen atoms in total. The quantitative estimate of drug-likeness (QED) is 0.610. The molecule has 0 radical (unpaired) electrons. The molecule has 0 aliphatic carbocycles. The van der Waals surface area contributed by atoms with Gasteiger partial charge in [0.2, 0.25) is 11.7 Å². The van der Waals surface area contributed by atoms with Gasteiger partial charge in [0.1, 0.15) is 0 Å². The SMILES string of the molecule is NC1=NC(N)(c2ccc(Br)c(Cl)c2)NN1. The van der Waals surface area contributed by atoms with Gasteiger partial charge in [-0.05, 0) is 28.1 Å². The fraction of sp³-hybridized carbons (Fsp3) is 0.125. The average Bonchev–Trinajstić information content (AvgIpc) is 2.52. The molecule has 0 saturated heterocycles. The van der Waals surface area contributed by atoms with Crippen molar-refractivity contribution >= 4 is 33.5 Å². The summed E-state index contributed by atoms with van der Waals surface area (Å²) in [5, 5.41) is 0.569. The number of guanidine groups is 1. The summed E-state index contributed by atoms with van der Waals surface area (Å²) in [6.45, 7) is 0. The Hall–Kier alpha value is -0.820. The van der Waals surface area contributed by atoms with Gasteiger partial charge < -0.3 is 5.73 Å². The van der Waals surface area contributed by atoms with Crippen LogP contribution >= 0.6 is 27.5 Å². The molecule has 0 saturated carbocycles. The molecule has 0 spiro atoms. The first-order chi connectivity index (χ1) is 7.01. The maximum atomic E-state index is 5.97. The van der Waals surface area contributed by atoms with Gasteiger partial charge in [0.15, 0.2) is 0 Å². The summed E-state index contributed by atoms with van der Waals surface area (Å²) in [6.07, 6.45) is 0. The van der Waals surface area contributed by atoms with Crippen LogP contribution in [0.3, 0.4) is 0 Å². The van der Waals surface area contributed by atoms with Crippen LogP contribution in [0.1, 0.15) is 5.56 Å². The maximum absolute atomic E-state index is 5.97. The van der Waals surface area contributed by atoms with Crippen LogP contribution in [0.2, 0.25) is 5.02 Å². The summed E-state index contributed by atoms with van der Waals surface area (Å²) in [5.41, 5.74) is 17.6. The van der Waals surface area contributed by atoms with E-state index in [-0.39, 0.29) is 5.96 Å². The Morgan fingerprint density at radius 3 is 2.73 bits per heavy atom. The van der Waals surface area contributed by atoms with Crippen molar-refractivity contribution in [3.8, 4) is 0 Å². The normalized spacial score (nSPS) is 24.9. The van der Waals surface area contributed by atoms with Crippen molar-refractivity contribution in [2.24, 2.45) is 16.5 Å². The van der Waals surface area contributed by atoms with Crippen molar-refractivity contribution in [1.29, 1.82) is 0 Å². The minimum absolute atomic E-state index is 0.247. The van der Waals surface area contributed by atoms with E-state index in [0.717, 1.165) is 10.0 Å². The molecule has 0 amide bonds. The molecule has 1 aromatic rings. The zero-order chi connectivity index (χ0) is 11.1. The van der Waals surface area contributed by atoms with E-state index in [4.69, 9.17) is 23.1 Å². The van der Waals surface area contributed by atoms with E-state index in [9.17, 15) is 0 Å². The molecule has 0 fully saturated rings. The molecule has 1 unspecified atom stereocenters. The van der Waals surface area contributed by atoms with E-state index in [1.165, 1.54) is 0 Å². The maximum Gasteiger partial charge on any atom is 0.209 e. The second-order valence-corrected chi connectivity index (χ2v) is 4.40. The molecule has 15 heavy (non-hydrogen) atoms. The van der Waals surface area contributed by atoms with Gasteiger partial charge in [-0.2, -0.15) is 5.43 Å². The summed E-state index contributed by atoms with van der Waals surface area (Å²) in [5.74, 6) is -0.814. The zero-order valence-corrected chi connectivity index (χ0v) is 9.93. The van der Waals surface area contributed by atoms with Crippen LogP contribution in [0.25, 0.3) is 0 Å². The average molecular weight is 291 g/mol. The first-order valence-electron chi connectivity index (χ1n) is 4.14. The van der Waals surface area contributed by atoms with Crippen LogP contribution in [-0.2, 0) is 5.79 Å². The lowest BCUT2D eigenvalue weighted by Gasteiger charge is -2.20. The third-order valence-corrected chi connectivity index (χ3v) is 3.27. The van der Waals surface area contributed by atoms with Crippen LogP contribution in [0.4, 0.5) is 0 Å². The van der Waals surface area contributed by atoms with Gasteiger partial charge in [0.25, 0.3) is 0 Å². The van der Waals surface area contributed by atoms with Crippen LogP contribution in [0.15, 0.2) is 27.7 Å². The predicted molar refractivity (Wildman–Crippen MR) is 62.9 cm³/mol. The van der Waals surface area contributed by atoms with Gasteiger partial charge in [-0.25, -0.2) is 4.99 Å². The van der Waals surface area contributed by atoms with Crippen molar-refractivity contribution in [2.45, 2.75) is 5.79 Å². The third kappa shape index (κ3) is 1.93. The molecular weight excluding hydrogens is 281 g/mol. The fourth-order valence-corrected chi connectivity index (χ4v) is 1.70. The van der Waals surface area contributed by atoms with E-state index in [0.29, 0.717) is 5.02 Å². The van der Waals surface area contributed by atoms with E-state index in [2.05, 4.69) is 31.8 Å². The smallest absolute Gasteiger partial charge is 0.209 e. The lowest BCUT2D eigenvalue weighted by molar-refractivity contribution is 0.375. The lowest BCUT2D eigenvalue weighted by atomic mass is 10.1. The molecule has 1 aliphatic heterocycles. The van der Waals surface area contributed by atoms with Gasteiger partial charge in [-0.1, -0.05) is 17.7 Å². The Labute approximate surface area is 100.0 Å². The second-order valence-electron chi connectivity index (χ2n) is 3.14. The number of halogens is 2. The molecule has 1 aromatic carbocycles. The topological polar surface area (TPSA) is 88.5 Å². The summed E-state index contributed by atoms with van der Waals surface area (Å²) in [6, 6.07) is 5.34. The van der Waals surface area contributed by atoms with E-state index < -0.39 is 5.79 Å². The number of aliphatic imine (C=N–C) groups is 1. The van der Waals surface area contributed by atoms with Crippen molar-refractivity contribution < 1.29 is 0 Å². The largest absolute Gasteiger partial charge is 0.369 e. The molecule has 1 heterocycles. The standard InChI is InChI=1S/C8H9BrClN5/c9-5-2-1-4(3-6(5)10)8(12)13-7(11)14-15-8/h1-3,15H,12H2,(H3,11,13,14). The van der Waals surface area contributed by atoms with E-state index in [1.54, 1.807) is 12.1 Å². The predicted octanol–water partition coefficient (Wildman–Crippen LogP) is 0.594. The van der Waals surface area contributed by atoms with Crippen LogP contribution < -0.4 is 22.3 Å². The molecule has 7 heteroatoms. The number of hydrogen-bond donors (Lipinski definition) is 4. The molecule has 0 bridgehead atoms. The van der Waals surface area contributed by atoms with Gasteiger partial charge in [-0.15, -0.1) is 0 Å². The van der Waals surface area contributed by atoms with E-state index >= 15 is 0 Å². The fourth-order valence-electron chi connectivity index (χ4n) is 1.28. The first kappa shape index (κ1) is 10.7. The summed E-state index contributed by atoms with van der Waals surface area (Å²) >= 11 is 9.26. The highest BCUT2D eigenvalue weighted by atomic mass is 79.9. The molecule has 1 aliphatic rings.